The molecule has 1 amide bonds. The molecule has 25 heavy (non-hydrogen) atoms. The van der Waals surface area contributed by atoms with Gasteiger partial charge in [-0.1, -0.05) is 12.1 Å². The molecule has 1 N–H and O–H groups in total. The number of aryl methyl sites for hydroxylation is 1. The summed E-state index contributed by atoms with van der Waals surface area (Å²) in [4.78, 5) is 38.1. The minimum atomic E-state index is -0.912. The Morgan fingerprint density at radius 2 is 1.92 bits per heavy atom. The van der Waals surface area contributed by atoms with Crippen molar-refractivity contribution in [1.82, 2.24) is 14.0 Å². The van der Waals surface area contributed by atoms with Gasteiger partial charge in [-0.25, -0.2) is 4.79 Å². The summed E-state index contributed by atoms with van der Waals surface area (Å²) < 4.78 is 3.13. The van der Waals surface area contributed by atoms with Crippen LogP contribution < -0.4 is 5.69 Å². The number of rotatable bonds is 5. The highest BCUT2D eigenvalue weighted by Gasteiger charge is 2.29. The number of carboxylic acids is 1. The molecular weight excluding hydrogens is 342 g/mol. The lowest BCUT2D eigenvalue weighted by atomic mass is 10.2. The standard InChI is InChI=1S/C17H21N3O4S/c1-2-18-13-5-3-4-6-14(13)20(17(18)24)10-15(21)19-7-8-25-11-12(19)9-16(22)23/h3-6,12H,2,7-11H2,1H3,(H,22,23). The van der Waals surface area contributed by atoms with Crippen LogP contribution in [-0.4, -0.2) is 55.1 Å². The zero-order valence-electron chi connectivity index (χ0n) is 14.1. The molecule has 2 heterocycles. The lowest BCUT2D eigenvalue weighted by molar-refractivity contribution is -0.140. The number of carbonyl (C=O) groups is 2. The van der Waals surface area contributed by atoms with Crippen molar-refractivity contribution in [3.8, 4) is 0 Å². The van der Waals surface area contributed by atoms with Gasteiger partial charge in [-0.05, 0) is 19.1 Å². The van der Waals surface area contributed by atoms with Gasteiger partial charge in [-0.2, -0.15) is 11.8 Å². The lowest BCUT2D eigenvalue weighted by Crippen LogP contribution is -2.49. The van der Waals surface area contributed by atoms with Gasteiger partial charge in [0, 0.05) is 24.6 Å². The maximum absolute atomic E-state index is 12.8. The number of aromatic nitrogens is 2. The van der Waals surface area contributed by atoms with Gasteiger partial charge in [0.2, 0.25) is 5.91 Å². The second kappa shape index (κ2) is 7.35. The Balaban J connectivity index is 1.90. The van der Waals surface area contributed by atoms with Gasteiger partial charge < -0.3 is 10.0 Å². The highest BCUT2D eigenvalue weighted by molar-refractivity contribution is 7.99. The van der Waals surface area contributed by atoms with E-state index in [1.807, 2.05) is 31.2 Å². The second-order valence-electron chi connectivity index (χ2n) is 6.02. The monoisotopic (exact) mass is 363 g/mol. The first-order chi connectivity index (χ1) is 12.0. The summed E-state index contributed by atoms with van der Waals surface area (Å²) in [5, 5.41) is 9.07. The number of fused-ring (bicyclic) bond motifs is 1. The summed E-state index contributed by atoms with van der Waals surface area (Å²) in [7, 11) is 0. The summed E-state index contributed by atoms with van der Waals surface area (Å²) in [6.45, 7) is 2.88. The molecule has 1 saturated heterocycles. The molecule has 1 aromatic heterocycles. The fourth-order valence-corrected chi connectivity index (χ4v) is 4.37. The Morgan fingerprint density at radius 1 is 1.24 bits per heavy atom. The molecular formula is C17H21N3O4S. The first kappa shape index (κ1) is 17.6. The lowest BCUT2D eigenvalue weighted by Gasteiger charge is -2.34. The van der Waals surface area contributed by atoms with E-state index in [0.717, 1.165) is 16.8 Å². The molecule has 3 rings (SSSR count). The first-order valence-electron chi connectivity index (χ1n) is 8.30. The number of hydrogen-bond acceptors (Lipinski definition) is 4. The third-order valence-corrected chi connectivity index (χ3v) is 5.58. The van der Waals surface area contributed by atoms with E-state index < -0.39 is 5.97 Å². The number of imidazole rings is 1. The summed E-state index contributed by atoms with van der Waals surface area (Å²) in [5.41, 5.74) is 1.32. The maximum Gasteiger partial charge on any atom is 0.329 e. The average Bonchev–Trinajstić information content (AvgIpc) is 2.86. The van der Waals surface area contributed by atoms with Crippen LogP contribution in [-0.2, 0) is 22.7 Å². The Kier molecular flexibility index (Phi) is 5.17. The Morgan fingerprint density at radius 3 is 2.56 bits per heavy atom. The summed E-state index contributed by atoms with van der Waals surface area (Å²) >= 11 is 1.66. The van der Waals surface area contributed by atoms with Crippen LogP contribution in [0.2, 0.25) is 0 Å². The molecule has 0 spiro atoms. The Labute approximate surface area is 149 Å². The molecule has 0 aliphatic carbocycles. The molecule has 0 saturated carbocycles. The van der Waals surface area contributed by atoms with Crippen molar-refractivity contribution in [2.45, 2.75) is 32.5 Å². The Hall–Kier alpha value is -2.22. The van der Waals surface area contributed by atoms with Gasteiger partial charge in [0.1, 0.15) is 6.54 Å². The third kappa shape index (κ3) is 3.44. The molecule has 8 heteroatoms. The zero-order chi connectivity index (χ0) is 18.0. The molecule has 134 valence electrons. The van der Waals surface area contributed by atoms with E-state index in [1.165, 1.54) is 4.57 Å². The summed E-state index contributed by atoms with van der Waals surface area (Å²) in [6, 6.07) is 7.08. The fraction of sp³-hybridized carbons (Fsp3) is 0.471. The largest absolute Gasteiger partial charge is 0.481 e. The summed E-state index contributed by atoms with van der Waals surface area (Å²) in [5.74, 6) is 0.287. The zero-order valence-corrected chi connectivity index (χ0v) is 14.9. The summed E-state index contributed by atoms with van der Waals surface area (Å²) in [6.07, 6.45) is -0.0651. The van der Waals surface area contributed by atoms with E-state index in [9.17, 15) is 14.4 Å². The highest BCUT2D eigenvalue weighted by Crippen LogP contribution is 2.20. The fourth-order valence-electron chi connectivity index (χ4n) is 3.31. The van der Waals surface area contributed by atoms with Gasteiger partial charge in [-0.3, -0.25) is 18.7 Å². The SMILES string of the molecule is CCn1c(=O)n(CC(=O)N2CCSCC2CC(=O)O)c2ccccc21. The number of aliphatic carboxylic acids is 1. The van der Waals surface area contributed by atoms with Gasteiger partial charge in [-0.15, -0.1) is 0 Å². The smallest absolute Gasteiger partial charge is 0.329 e. The van der Waals surface area contributed by atoms with Gasteiger partial charge in [0.15, 0.2) is 0 Å². The average molecular weight is 363 g/mol. The van der Waals surface area contributed by atoms with Crippen molar-refractivity contribution in [3.63, 3.8) is 0 Å². The number of para-hydroxylation sites is 2. The number of benzene rings is 1. The van der Waals surface area contributed by atoms with E-state index >= 15 is 0 Å². The van der Waals surface area contributed by atoms with Crippen molar-refractivity contribution < 1.29 is 14.7 Å². The molecule has 7 nitrogen and oxygen atoms in total. The van der Waals surface area contributed by atoms with Crippen LogP contribution in [0.4, 0.5) is 0 Å². The molecule has 1 aliphatic rings. The van der Waals surface area contributed by atoms with Gasteiger partial charge in [0.05, 0.1) is 23.5 Å². The quantitative estimate of drug-likeness (QED) is 0.864. The number of carboxylic acid groups (broad SMARTS) is 1. The first-order valence-corrected chi connectivity index (χ1v) is 9.45. The molecule has 1 aliphatic heterocycles. The minimum absolute atomic E-state index is 0.0624. The predicted octanol–water partition coefficient (Wildman–Crippen LogP) is 1.24. The van der Waals surface area contributed by atoms with Gasteiger partial charge in [0.25, 0.3) is 0 Å². The second-order valence-corrected chi connectivity index (χ2v) is 7.17. The van der Waals surface area contributed by atoms with Crippen molar-refractivity contribution in [2.75, 3.05) is 18.1 Å². The molecule has 1 unspecified atom stereocenters. The van der Waals surface area contributed by atoms with Crippen LogP contribution in [0.15, 0.2) is 29.1 Å². The van der Waals surface area contributed by atoms with E-state index in [0.29, 0.717) is 18.8 Å². The number of hydrogen-bond donors (Lipinski definition) is 1. The molecule has 0 bridgehead atoms. The minimum Gasteiger partial charge on any atom is -0.481 e. The number of amides is 1. The normalized spacial score (nSPS) is 17.8. The van der Waals surface area contributed by atoms with Crippen LogP contribution >= 0.6 is 11.8 Å². The van der Waals surface area contributed by atoms with Crippen LogP contribution in [0.1, 0.15) is 13.3 Å². The third-order valence-electron chi connectivity index (χ3n) is 4.49. The highest BCUT2D eigenvalue weighted by atomic mass is 32.2. The van der Waals surface area contributed by atoms with Crippen LogP contribution in [0.5, 0.6) is 0 Å². The topological polar surface area (TPSA) is 84.5 Å². The van der Waals surface area contributed by atoms with Crippen molar-refractivity contribution >= 4 is 34.7 Å². The van der Waals surface area contributed by atoms with Crippen molar-refractivity contribution in [1.29, 1.82) is 0 Å². The van der Waals surface area contributed by atoms with Crippen molar-refractivity contribution in [2.24, 2.45) is 0 Å². The number of carbonyl (C=O) groups excluding carboxylic acids is 1. The van der Waals surface area contributed by atoms with Crippen LogP contribution in [0.25, 0.3) is 11.0 Å². The van der Waals surface area contributed by atoms with Crippen LogP contribution in [0, 0.1) is 0 Å². The van der Waals surface area contributed by atoms with E-state index in [1.54, 1.807) is 21.2 Å². The van der Waals surface area contributed by atoms with Crippen LogP contribution in [0.3, 0.4) is 0 Å². The molecule has 0 radical (unpaired) electrons. The van der Waals surface area contributed by atoms with E-state index in [4.69, 9.17) is 5.11 Å². The number of thioether (sulfide) groups is 1. The van der Waals surface area contributed by atoms with E-state index in [-0.39, 0.29) is 30.6 Å². The molecule has 1 fully saturated rings. The Bertz CT molecular complexity index is 857. The number of nitrogens with zero attached hydrogens (tertiary/aromatic N) is 3. The molecule has 1 atom stereocenters. The molecule has 1 aromatic carbocycles. The predicted molar refractivity (Wildman–Crippen MR) is 97.0 cm³/mol. The molecule has 2 aromatic rings. The van der Waals surface area contributed by atoms with Crippen molar-refractivity contribution in [3.05, 3.63) is 34.7 Å². The van der Waals surface area contributed by atoms with Gasteiger partial charge >= 0.3 is 11.7 Å². The van der Waals surface area contributed by atoms with E-state index in [2.05, 4.69) is 0 Å². The maximum atomic E-state index is 12.8.